The van der Waals surface area contributed by atoms with Gasteiger partial charge in [0.2, 0.25) is 5.76 Å². The first-order valence-electron chi connectivity index (χ1n) is 13.7. The highest BCUT2D eigenvalue weighted by molar-refractivity contribution is 5.99. The molecule has 40 heavy (non-hydrogen) atoms. The second-order valence-corrected chi connectivity index (χ2v) is 10.1. The lowest BCUT2D eigenvalue weighted by molar-refractivity contribution is 0.0353. The van der Waals surface area contributed by atoms with Gasteiger partial charge in [-0.05, 0) is 41.8 Å². The van der Waals surface area contributed by atoms with Crippen molar-refractivity contribution < 1.29 is 23.4 Å². The van der Waals surface area contributed by atoms with Gasteiger partial charge in [-0.3, -0.25) is 14.5 Å². The molecule has 0 radical (unpaired) electrons. The largest absolute Gasteiger partial charge is 0.493 e. The summed E-state index contributed by atoms with van der Waals surface area (Å²) >= 11 is 0. The van der Waals surface area contributed by atoms with Gasteiger partial charge in [0.05, 0.1) is 37.3 Å². The fourth-order valence-electron chi connectivity index (χ4n) is 5.54. The third-order valence-electron chi connectivity index (χ3n) is 7.59. The van der Waals surface area contributed by atoms with Gasteiger partial charge >= 0.3 is 0 Å². The van der Waals surface area contributed by atoms with Crippen LogP contribution in [0.3, 0.4) is 0 Å². The predicted molar refractivity (Wildman–Crippen MR) is 151 cm³/mol. The van der Waals surface area contributed by atoms with Crippen LogP contribution in [0.5, 0.6) is 11.5 Å². The number of carbonyl (C=O) groups excluding carboxylic acids is 1. The summed E-state index contributed by atoms with van der Waals surface area (Å²) in [6, 6.07) is 22.0. The van der Waals surface area contributed by atoms with E-state index in [1.807, 2.05) is 48.5 Å². The van der Waals surface area contributed by atoms with Crippen molar-refractivity contribution in [3.8, 4) is 11.5 Å². The van der Waals surface area contributed by atoms with Gasteiger partial charge in [-0.1, -0.05) is 48.5 Å². The lowest BCUT2D eigenvalue weighted by Crippen LogP contribution is -2.38. The third kappa shape index (κ3) is 5.08. The van der Waals surface area contributed by atoms with Crippen LogP contribution in [0.1, 0.15) is 39.7 Å². The van der Waals surface area contributed by atoms with Crippen molar-refractivity contribution >= 4 is 16.9 Å². The molecule has 0 saturated carbocycles. The number of morpholine rings is 1. The van der Waals surface area contributed by atoms with Crippen molar-refractivity contribution in [1.82, 2.24) is 9.80 Å². The molecule has 8 heteroatoms. The molecule has 1 fully saturated rings. The van der Waals surface area contributed by atoms with Crippen LogP contribution < -0.4 is 14.9 Å². The highest BCUT2D eigenvalue weighted by Gasteiger charge is 2.42. The van der Waals surface area contributed by atoms with Crippen molar-refractivity contribution in [2.45, 2.75) is 19.1 Å². The first kappa shape index (κ1) is 26.1. The number of methoxy groups -OCH3 is 1. The Labute approximate surface area is 232 Å². The number of fused-ring (bicyclic) bond motifs is 2. The Hall–Kier alpha value is -4.14. The quantitative estimate of drug-likeness (QED) is 0.306. The molecule has 1 amide bonds. The number of carbonyl (C=O) groups is 1. The van der Waals surface area contributed by atoms with Crippen LogP contribution in [0.2, 0.25) is 0 Å². The SMILES string of the molecule is COc1cc(C2c3c(oc4ccccc4c3=O)C(=O)N2CCCN2CCOCC2)ccc1OCc1ccccc1. The van der Waals surface area contributed by atoms with E-state index in [1.54, 1.807) is 36.3 Å². The molecule has 2 aliphatic rings. The molecule has 0 spiro atoms. The summed E-state index contributed by atoms with van der Waals surface area (Å²) in [6.07, 6.45) is 0.763. The first-order valence-corrected chi connectivity index (χ1v) is 13.7. The Balaban J connectivity index is 1.34. The van der Waals surface area contributed by atoms with Gasteiger partial charge in [0.25, 0.3) is 5.91 Å². The Kier molecular flexibility index (Phi) is 7.53. The average molecular weight is 541 g/mol. The third-order valence-corrected chi connectivity index (χ3v) is 7.59. The zero-order valence-electron chi connectivity index (χ0n) is 22.5. The summed E-state index contributed by atoms with van der Waals surface area (Å²) in [5.74, 6) is 0.966. The van der Waals surface area contributed by atoms with Gasteiger partial charge in [0.15, 0.2) is 16.9 Å². The molecule has 0 bridgehead atoms. The van der Waals surface area contributed by atoms with Crippen molar-refractivity contribution in [2.24, 2.45) is 0 Å². The number of ether oxygens (including phenoxy) is 3. The molecule has 6 rings (SSSR count). The van der Waals surface area contributed by atoms with Gasteiger partial charge < -0.3 is 23.5 Å². The van der Waals surface area contributed by atoms with E-state index in [9.17, 15) is 9.59 Å². The highest BCUT2D eigenvalue weighted by atomic mass is 16.5. The van der Waals surface area contributed by atoms with Crippen LogP contribution in [0.15, 0.2) is 82.0 Å². The maximum Gasteiger partial charge on any atom is 0.290 e. The highest BCUT2D eigenvalue weighted by Crippen LogP contribution is 2.41. The van der Waals surface area contributed by atoms with Gasteiger partial charge in [-0.15, -0.1) is 0 Å². The van der Waals surface area contributed by atoms with E-state index in [0.717, 1.165) is 50.4 Å². The average Bonchev–Trinajstić information content (AvgIpc) is 3.28. The topological polar surface area (TPSA) is 81.5 Å². The van der Waals surface area contributed by atoms with E-state index in [4.69, 9.17) is 18.6 Å². The molecule has 0 aliphatic carbocycles. The fourth-order valence-corrected chi connectivity index (χ4v) is 5.54. The number of hydrogen-bond acceptors (Lipinski definition) is 7. The zero-order chi connectivity index (χ0) is 27.5. The first-order chi connectivity index (χ1) is 19.6. The van der Waals surface area contributed by atoms with Crippen molar-refractivity contribution in [3.63, 3.8) is 0 Å². The minimum atomic E-state index is -0.592. The number of benzene rings is 3. The van der Waals surface area contributed by atoms with E-state index < -0.39 is 6.04 Å². The second kappa shape index (κ2) is 11.5. The normalized spacial score (nSPS) is 17.3. The van der Waals surface area contributed by atoms with E-state index in [0.29, 0.717) is 41.2 Å². The van der Waals surface area contributed by atoms with Gasteiger partial charge in [-0.25, -0.2) is 0 Å². The van der Waals surface area contributed by atoms with Crippen LogP contribution in [0, 0.1) is 0 Å². The van der Waals surface area contributed by atoms with Gasteiger partial charge in [-0.2, -0.15) is 0 Å². The smallest absolute Gasteiger partial charge is 0.290 e. The molecule has 1 aromatic heterocycles. The summed E-state index contributed by atoms with van der Waals surface area (Å²) in [4.78, 5) is 31.6. The maximum atomic E-state index is 13.8. The Morgan fingerprint density at radius 2 is 1.68 bits per heavy atom. The lowest BCUT2D eigenvalue weighted by Gasteiger charge is -2.29. The lowest BCUT2D eigenvalue weighted by atomic mass is 9.98. The Morgan fingerprint density at radius 1 is 0.900 bits per heavy atom. The predicted octanol–water partition coefficient (Wildman–Crippen LogP) is 4.65. The molecule has 4 aromatic rings. The number of para-hydroxylation sites is 1. The minimum Gasteiger partial charge on any atom is -0.493 e. The molecule has 2 aliphatic heterocycles. The van der Waals surface area contributed by atoms with E-state index in [-0.39, 0.29) is 17.1 Å². The summed E-state index contributed by atoms with van der Waals surface area (Å²) in [5, 5.41) is 0.462. The van der Waals surface area contributed by atoms with E-state index >= 15 is 0 Å². The summed E-state index contributed by atoms with van der Waals surface area (Å²) in [5.41, 5.74) is 2.41. The Morgan fingerprint density at radius 3 is 2.48 bits per heavy atom. The van der Waals surface area contributed by atoms with Crippen LogP contribution in [-0.2, 0) is 11.3 Å². The molecule has 0 N–H and O–H groups in total. The molecule has 8 nitrogen and oxygen atoms in total. The monoisotopic (exact) mass is 540 g/mol. The molecule has 1 saturated heterocycles. The molecule has 206 valence electrons. The molecule has 1 atom stereocenters. The van der Waals surface area contributed by atoms with Crippen molar-refractivity contribution in [1.29, 1.82) is 0 Å². The van der Waals surface area contributed by atoms with Crippen LogP contribution >= 0.6 is 0 Å². The van der Waals surface area contributed by atoms with Crippen molar-refractivity contribution in [2.75, 3.05) is 46.5 Å². The minimum absolute atomic E-state index is 0.114. The van der Waals surface area contributed by atoms with Gasteiger partial charge in [0, 0.05) is 26.2 Å². The molecule has 3 heterocycles. The summed E-state index contributed by atoms with van der Waals surface area (Å²) in [6.45, 7) is 4.92. The zero-order valence-corrected chi connectivity index (χ0v) is 22.5. The van der Waals surface area contributed by atoms with Crippen LogP contribution in [-0.4, -0.2) is 62.2 Å². The number of rotatable bonds is 9. The molecule has 1 unspecified atom stereocenters. The fraction of sp³-hybridized carbons (Fsp3) is 0.312. The van der Waals surface area contributed by atoms with Crippen LogP contribution in [0.4, 0.5) is 0 Å². The summed E-state index contributed by atoms with van der Waals surface area (Å²) < 4.78 is 23.3. The Bertz CT molecular complexity index is 1560. The molecular weight excluding hydrogens is 508 g/mol. The molecule has 3 aromatic carbocycles. The van der Waals surface area contributed by atoms with Crippen molar-refractivity contribution in [3.05, 3.63) is 105 Å². The van der Waals surface area contributed by atoms with Gasteiger partial charge in [0.1, 0.15) is 12.2 Å². The van der Waals surface area contributed by atoms with Crippen LogP contribution in [0.25, 0.3) is 11.0 Å². The summed E-state index contributed by atoms with van der Waals surface area (Å²) in [7, 11) is 1.59. The number of hydrogen-bond donors (Lipinski definition) is 0. The number of amides is 1. The van der Waals surface area contributed by atoms with E-state index in [2.05, 4.69) is 4.90 Å². The second-order valence-electron chi connectivity index (χ2n) is 10.1. The molecular formula is C32H32N2O6. The standard InChI is InChI=1S/C32H32N2O6/c1-37-27-20-23(12-13-26(27)39-21-22-8-3-2-4-9-22)29-28-30(35)24-10-5-6-11-25(24)40-31(28)32(36)34(29)15-7-14-33-16-18-38-19-17-33/h2-6,8-13,20,29H,7,14-19,21H2,1H3. The number of nitrogens with zero attached hydrogens (tertiary/aromatic N) is 2. The maximum absolute atomic E-state index is 13.8. The van der Waals surface area contributed by atoms with E-state index in [1.165, 1.54) is 0 Å².